The standard InChI is InChI=1S/C21H23N3O3/c1-14(2)24(21(25)17-9-11-18(26-4)12-10-17)13-19-22-20(23-27-19)16-7-5-15(3)6-8-16/h5-12,14H,13H2,1-4H3. The number of ether oxygens (including phenoxy) is 1. The summed E-state index contributed by atoms with van der Waals surface area (Å²) in [6, 6.07) is 14.9. The molecule has 3 rings (SSSR count). The molecule has 27 heavy (non-hydrogen) atoms. The van der Waals surface area contributed by atoms with Gasteiger partial charge in [-0.3, -0.25) is 4.79 Å². The highest BCUT2D eigenvalue weighted by Crippen LogP contribution is 2.19. The minimum atomic E-state index is -0.0947. The molecule has 0 N–H and O–H groups in total. The van der Waals surface area contributed by atoms with E-state index in [0.29, 0.717) is 23.0 Å². The predicted molar refractivity (Wildman–Crippen MR) is 102 cm³/mol. The van der Waals surface area contributed by atoms with Gasteiger partial charge in [-0.05, 0) is 45.0 Å². The number of carbonyl (C=O) groups excluding carboxylic acids is 1. The second-order valence-corrected chi connectivity index (χ2v) is 6.63. The highest BCUT2D eigenvalue weighted by molar-refractivity contribution is 5.94. The molecule has 1 heterocycles. The fraction of sp³-hybridized carbons (Fsp3) is 0.286. The SMILES string of the molecule is COc1ccc(C(=O)N(Cc2nc(-c3ccc(C)cc3)no2)C(C)C)cc1. The van der Waals surface area contributed by atoms with Gasteiger partial charge in [0.2, 0.25) is 11.7 Å². The molecule has 0 atom stereocenters. The lowest BCUT2D eigenvalue weighted by molar-refractivity contribution is 0.0667. The quantitative estimate of drug-likeness (QED) is 0.658. The lowest BCUT2D eigenvalue weighted by Crippen LogP contribution is -2.36. The van der Waals surface area contributed by atoms with Gasteiger partial charge in [0.15, 0.2) is 0 Å². The van der Waals surface area contributed by atoms with E-state index in [2.05, 4.69) is 10.1 Å². The van der Waals surface area contributed by atoms with Crippen LogP contribution < -0.4 is 4.74 Å². The lowest BCUT2D eigenvalue weighted by atomic mass is 10.1. The Morgan fingerprint density at radius 1 is 1.11 bits per heavy atom. The first-order chi connectivity index (χ1) is 13.0. The molecule has 6 heteroatoms. The van der Waals surface area contributed by atoms with Crippen molar-refractivity contribution in [1.29, 1.82) is 0 Å². The van der Waals surface area contributed by atoms with E-state index in [1.807, 2.05) is 45.0 Å². The molecule has 0 saturated heterocycles. The Morgan fingerprint density at radius 2 is 1.78 bits per heavy atom. The van der Waals surface area contributed by atoms with Gasteiger partial charge in [0.05, 0.1) is 7.11 Å². The fourth-order valence-electron chi connectivity index (χ4n) is 2.67. The molecule has 0 radical (unpaired) electrons. The maximum Gasteiger partial charge on any atom is 0.254 e. The van der Waals surface area contributed by atoms with Gasteiger partial charge in [-0.15, -0.1) is 0 Å². The molecule has 6 nitrogen and oxygen atoms in total. The Hall–Kier alpha value is -3.15. The highest BCUT2D eigenvalue weighted by Gasteiger charge is 2.22. The molecular formula is C21H23N3O3. The third-order valence-corrected chi connectivity index (χ3v) is 4.30. The van der Waals surface area contributed by atoms with Crippen molar-refractivity contribution in [2.24, 2.45) is 0 Å². The summed E-state index contributed by atoms with van der Waals surface area (Å²) in [5, 5.41) is 4.04. The van der Waals surface area contributed by atoms with Crippen molar-refractivity contribution >= 4 is 5.91 Å². The van der Waals surface area contributed by atoms with Gasteiger partial charge < -0.3 is 14.2 Å². The minimum Gasteiger partial charge on any atom is -0.497 e. The third kappa shape index (κ3) is 4.34. The van der Waals surface area contributed by atoms with Crippen molar-refractivity contribution in [1.82, 2.24) is 15.0 Å². The van der Waals surface area contributed by atoms with Crippen LogP contribution in [0.25, 0.3) is 11.4 Å². The highest BCUT2D eigenvalue weighted by atomic mass is 16.5. The van der Waals surface area contributed by atoms with Gasteiger partial charge in [-0.25, -0.2) is 0 Å². The summed E-state index contributed by atoms with van der Waals surface area (Å²) in [5.74, 6) is 1.54. The summed E-state index contributed by atoms with van der Waals surface area (Å²) >= 11 is 0. The first-order valence-electron chi connectivity index (χ1n) is 8.82. The van der Waals surface area contributed by atoms with Crippen LogP contribution in [-0.2, 0) is 6.54 Å². The molecule has 0 bridgehead atoms. The van der Waals surface area contributed by atoms with Crippen LogP contribution in [-0.4, -0.2) is 34.1 Å². The summed E-state index contributed by atoms with van der Waals surface area (Å²) in [7, 11) is 1.60. The summed E-state index contributed by atoms with van der Waals surface area (Å²) in [5.41, 5.74) is 2.63. The Labute approximate surface area is 158 Å². The second kappa shape index (κ2) is 8.03. The number of hydrogen-bond acceptors (Lipinski definition) is 5. The predicted octanol–water partition coefficient (Wildman–Crippen LogP) is 4.10. The van der Waals surface area contributed by atoms with Crippen LogP contribution in [0.1, 0.15) is 35.7 Å². The number of benzene rings is 2. The normalized spacial score (nSPS) is 10.9. The van der Waals surface area contributed by atoms with Crippen LogP contribution in [0.15, 0.2) is 53.1 Å². The number of aryl methyl sites for hydroxylation is 1. The minimum absolute atomic E-state index is 0.0191. The molecule has 3 aromatic rings. The van der Waals surface area contributed by atoms with E-state index in [-0.39, 0.29) is 18.5 Å². The number of rotatable bonds is 6. The van der Waals surface area contributed by atoms with Crippen molar-refractivity contribution in [3.05, 3.63) is 65.5 Å². The molecule has 0 fully saturated rings. The maximum absolute atomic E-state index is 12.9. The van der Waals surface area contributed by atoms with Crippen LogP contribution in [0.5, 0.6) is 5.75 Å². The van der Waals surface area contributed by atoms with Gasteiger partial charge in [0.25, 0.3) is 5.91 Å². The third-order valence-electron chi connectivity index (χ3n) is 4.30. The van der Waals surface area contributed by atoms with Crippen molar-refractivity contribution in [3.63, 3.8) is 0 Å². The monoisotopic (exact) mass is 365 g/mol. The van der Waals surface area contributed by atoms with Crippen molar-refractivity contribution in [3.8, 4) is 17.1 Å². The molecule has 0 saturated carbocycles. The van der Waals surface area contributed by atoms with Gasteiger partial charge in [0, 0.05) is 17.2 Å². The average Bonchev–Trinajstić information content (AvgIpc) is 3.14. The number of amides is 1. The Balaban J connectivity index is 1.78. The molecule has 0 aliphatic rings. The molecule has 0 unspecified atom stereocenters. The van der Waals surface area contributed by atoms with Crippen molar-refractivity contribution in [2.45, 2.75) is 33.4 Å². The number of aromatic nitrogens is 2. The van der Waals surface area contributed by atoms with E-state index in [4.69, 9.17) is 9.26 Å². The van der Waals surface area contributed by atoms with Gasteiger partial charge in [-0.1, -0.05) is 35.0 Å². The van der Waals surface area contributed by atoms with Gasteiger partial charge in [-0.2, -0.15) is 4.98 Å². The maximum atomic E-state index is 12.9. The number of hydrogen-bond donors (Lipinski definition) is 0. The summed E-state index contributed by atoms with van der Waals surface area (Å²) in [6.07, 6.45) is 0. The van der Waals surface area contributed by atoms with E-state index in [1.165, 1.54) is 5.56 Å². The zero-order valence-electron chi connectivity index (χ0n) is 16.0. The van der Waals surface area contributed by atoms with E-state index < -0.39 is 0 Å². The summed E-state index contributed by atoms with van der Waals surface area (Å²) in [4.78, 5) is 19.0. The topological polar surface area (TPSA) is 68.5 Å². The number of methoxy groups -OCH3 is 1. The Morgan fingerprint density at radius 3 is 2.37 bits per heavy atom. The van der Waals surface area contributed by atoms with Gasteiger partial charge >= 0.3 is 0 Å². The van der Waals surface area contributed by atoms with Crippen LogP contribution in [0.3, 0.4) is 0 Å². The molecular weight excluding hydrogens is 342 g/mol. The largest absolute Gasteiger partial charge is 0.497 e. The number of carbonyl (C=O) groups is 1. The fourth-order valence-corrected chi connectivity index (χ4v) is 2.67. The molecule has 1 amide bonds. The van der Waals surface area contributed by atoms with Crippen LogP contribution in [0.2, 0.25) is 0 Å². The van der Waals surface area contributed by atoms with E-state index >= 15 is 0 Å². The average molecular weight is 365 g/mol. The molecule has 1 aromatic heterocycles. The molecule has 140 valence electrons. The molecule has 2 aromatic carbocycles. The van der Waals surface area contributed by atoms with Crippen molar-refractivity contribution < 1.29 is 14.1 Å². The lowest BCUT2D eigenvalue weighted by Gasteiger charge is -2.25. The second-order valence-electron chi connectivity index (χ2n) is 6.63. The van der Waals surface area contributed by atoms with Crippen LogP contribution in [0, 0.1) is 6.92 Å². The van der Waals surface area contributed by atoms with E-state index in [9.17, 15) is 4.79 Å². The Bertz CT molecular complexity index is 899. The van der Waals surface area contributed by atoms with Gasteiger partial charge in [0.1, 0.15) is 12.3 Å². The summed E-state index contributed by atoms with van der Waals surface area (Å²) in [6.45, 7) is 6.19. The smallest absolute Gasteiger partial charge is 0.254 e. The van der Waals surface area contributed by atoms with Crippen molar-refractivity contribution in [2.75, 3.05) is 7.11 Å². The first kappa shape index (κ1) is 18.6. The van der Waals surface area contributed by atoms with Crippen LogP contribution >= 0.6 is 0 Å². The zero-order valence-corrected chi connectivity index (χ0v) is 16.0. The van der Waals surface area contributed by atoms with E-state index in [0.717, 1.165) is 5.56 Å². The first-order valence-corrected chi connectivity index (χ1v) is 8.82. The molecule has 0 aliphatic carbocycles. The Kier molecular flexibility index (Phi) is 5.54. The zero-order chi connectivity index (χ0) is 19.4. The van der Waals surface area contributed by atoms with Crippen LogP contribution in [0.4, 0.5) is 0 Å². The number of nitrogens with zero attached hydrogens (tertiary/aromatic N) is 3. The summed E-state index contributed by atoms with van der Waals surface area (Å²) < 4.78 is 10.5. The molecule has 0 aliphatic heterocycles. The molecule has 0 spiro atoms. The van der Waals surface area contributed by atoms with E-state index in [1.54, 1.807) is 36.3 Å².